The zero-order valence-electron chi connectivity index (χ0n) is 17.0. The average molecular weight is 418 g/mol. The van der Waals surface area contributed by atoms with E-state index in [0.717, 1.165) is 28.1 Å². The van der Waals surface area contributed by atoms with Crippen molar-refractivity contribution in [2.75, 3.05) is 18.5 Å². The molecule has 3 aromatic heterocycles. The second-order valence-electron chi connectivity index (χ2n) is 7.82. The Labute approximate surface area is 177 Å². The number of aromatic nitrogens is 5. The Kier molecular flexibility index (Phi) is 3.86. The number of benzene rings is 1. The molecule has 31 heavy (non-hydrogen) atoms. The summed E-state index contributed by atoms with van der Waals surface area (Å²) < 4.78 is 28.6. The number of ether oxygens (including phenoxy) is 2. The fraction of sp³-hybridized carbons (Fsp3) is 0.273. The van der Waals surface area contributed by atoms with E-state index in [2.05, 4.69) is 25.5 Å². The zero-order chi connectivity index (χ0) is 21.1. The van der Waals surface area contributed by atoms with Crippen molar-refractivity contribution < 1.29 is 13.9 Å². The molecule has 2 aliphatic heterocycles. The Morgan fingerprint density at radius 3 is 2.81 bits per heavy atom. The molecule has 0 saturated carbocycles. The SMILES string of the molecule is Cc1ncc(-c2cc3c(n4cnnc24)NCc2c(F)ccc4c2[C@@H](CO4)CO3)c(C)n1. The van der Waals surface area contributed by atoms with Gasteiger partial charge in [0.1, 0.15) is 23.7 Å². The Bertz CT molecular complexity index is 1350. The third-order valence-corrected chi connectivity index (χ3v) is 5.91. The highest BCUT2D eigenvalue weighted by Gasteiger charge is 2.31. The minimum atomic E-state index is -0.255. The molecule has 0 saturated heterocycles. The topological polar surface area (TPSA) is 86.5 Å². The van der Waals surface area contributed by atoms with Crippen LogP contribution in [0, 0.1) is 19.7 Å². The van der Waals surface area contributed by atoms with E-state index in [4.69, 9.17) is 9.47 Å². The molecule has 1 N–H and O–H groups in total. The average Bonchev–Trinajstić information content (AvgIpc) is 3.40. The maximum absolute atomic E-state index is 14.7. The number of aryl methyl sites for hydroxylation is 2. The monoisotopic (exact) mass is 418 g/mol. The highest BCUT2D eigenvalue weighted by Crippen LogP contribution is 2.42. The quantitative estimate of drug-likeness (QED) is 0.507. The van der Waals surface area contributed by atoms with Crippen molar-refractivity contribution in [1.82, 2.24) is 24.6 Å². The molecule has 8 nitrogen and oxygen atoms in total. The molecule has 9 heteroatoms. The van der Waals surface area contributed by atoms with Crippen LogP contribution in [0.25, 0.3) is 16.8 Å². The highest BCUT2D eigenvalue weighted by atomic mass is 19.1. The summed E-state index contributed by atoms with van der Waals surface area (Å²) in [7, 11) is 0. The highest BCUT2D eigenvalue weighted by molar-refractivity contribution is 5.82. The number of fused-ring (bicyclic) bond motifs is 3. The number of nitrogens with zero attached hydrogens (tertiary/aromatic N) is 5. The molecule has 0 unspecified atom stereocenters. The van der Waals surface area contributed by atoms with Crippen LogP contribution in [0.2, 0.25) is 0 Å². The van der Waals surface area contributed by atoms with E-state index in [1.807, 2.05) is 24.3 Å². The van der Waals surface area contributed by atoms with Gasteiger partial charge in [0.2, 0.25) is 0 Å². The largest absolute Gasteiger partial charge is 0.493 e. The maximum atomic E-state index is 14.7. The molecular weight excluding hydrogens is 399 g/mol. The molecule has 0 radical (unpaired) electrons. The number of hydrogen-bond donors (Lipinski definition) is 1. The minimum absolute atomic E-state index is 0.0436. The lowest BCUT2D eigenvalue weighted by Crippen LogP contribution is -2.13. The van der Waals surface area contributed by atoms with Crippen LogP contribution in [-0.4, -0.2) is 37.8 Å². The van der Waals surface area contributed by atoms with Crippen molar-refractivity contribution in [3.63, 3.8) is 0 Å². The van der Waals surface area contributed by atoms with Crippen LogP contribution >= 0.6 is 0 Å². The summed E-state index contributed by atoms with van der Waals surface area (Å²) in [6.45, 7) is 4.93. The van der Waals surface area contributed by atoms with Crippen molar-refractivity contribution in [2.24, 2.45) is 0 Å². The first-order chi connectivity index (χ1) is 15.1. The fourth-order valence-electron chi connectivity index (χ4n) is 4.43. The first kappa shape index (κ1) is 18.1. The summed E-state index contributed by atoms with van der Waals surface area (Å²) >= 11 is 0. The number of hydrogen-bond acceptors (Lipinski definition) is 7. The molecule has 5 heterocycles. The van der Waals surface area contributed by atoms with Crippen molar-refractivity contribution >= 4 is 11.5 Å². The van der Waals surface area contributed by atoms with E-state index in [1.165, 1.54) is 6.07 Å². The predicted molar refractivity (Wildman–Crippen MR) is 111 cm³/mol. The van der Waals surface area contributed by atoms with Crippen molar-refractivity contribution in [1.29, 1.82) is 0 Å². The number of anilines is 1. The number of rotatable bonds is 1. The minimum Gasteiger partial charge on any atom is -0.493 e. The van der Waals surface area contributed by atoms with E-state index in [1.54, 1.807) is 18.6 Å². The summed E-state index contributed by atoms with van der Waals surface area (Å²) in [6, 6.07) is 5.07. The first-order valence-corrected chi connectivity index (χ1v) is 10.1. The van der Waals surface area contributed by atoms with Crippen molar-refractivity contribution in [2.45, 2.75) is 26.3 Å². The van der Waals surface area contributed by atoms with Gasteiger partial charge in [0.25, 0.3) is 0 Å². The van der Waals surface area contributed by atoms with Crippen LogP contribution in [0.4, 0.5) is 10.2 Å². The Hall–Kier alpha value is -3.75. The molecule has 0 aliphatic carbocycles. The van der Waals surface area contributed by atoms with Gasteiger partial charge in [-0.15, -0.1) is 10.2 Å². The Morgan fingerprint density at radius 1 is 1.13 bits per heavy atom. The van der Waals surface area contributed by atoms with E-state index in [0.29, 0.717) is 48.4 Å². The smallest absolute Gasteiger partial charge is 0.170 e. The van der Waals surface area contributed by atoms with Crippen molar-refractivity contribution in [3.8, 4) is 22.6 Å². The van der Waals surface area contributed by atoms with Crippen molar-refractivity contribution in [3.05, 3.63) is 59.2 Å². The van der Waals surface area contributed by atoms with Gasteiger partial charge in [-0.3, -0.25) is 4.40 Å². The summed E-state index contributed by atoms with van der Waals surface area (Å²) in [6.07, 6.45) is 3.41. The Balaban J connectivity index is 1.53. The van der Waals surface area contributed by atoms with Gasteiger partial charge in [-0.25, -0.2) is 14.4 Å². The van der Waals surface area contributed by atoms with Crippen LogP contribution in [0.5, 0.6) is 11.5 Å². The molecular formula is C22H19FN6O2. The van der Waals surface area contributed by atoms with Gasteiger partial charge in [0, 0.05) is 40.7 Å². The van der Waals surface area contributed by atoms with Gasteiger partial charge in [-0.2, -0.15) is 0 Å². The number of halogens is 1. The molecule has 156 valence electrons. The lowest BCUT2D eigenvalue weighted by molar-refractivity contribution is 0.249. The fourth-order valence-corrected chi connectivity index (χ4v) is 4.43. The van der Waals surface area contributed by atoms with Crippen LogP contribution < -0.4 is 14.8 Å². The molecule has 4 aromatic rings. The summed E-state index contributed by atoms with van der Waals surface area (Å²) in [5, 5.41) is 11.8. The molecule has 0 fully saturated rings. The molecule has 1 aromatic carbocycles. The second-order valence-corrected chi connectivity index (χ2v) is 7.82. The summed E-state index contributed by atoms with van der Waals surface area (Å²) in [4.78, 5) is 8.84. The van der Waals surface area contributed by atoms with Crippen LogP contribution in [0.3, 0.4) is 0 Å². The molecule has 2 aliphatic rings. The van der Waals surface area contributed by atoms with Crippen LogP contribution in [0.15, 0.2) is 30.7 Å². The van der Waals surface area contributed by atoms with E-state index >= 15 is 0 Å². The second kappa shape index (κ2) is 6.63. The van der Waals surface area contributed by atoms with Gasteiger partial charge in [0.15, 0.2) is 17.2 Å². The number of pyridine rings is 1. The van der Waals surface area contributed by atoms with Gasteiger partial charge in [-0.05, 0) is 32.0 Å². The third-order valence-electron chi connectivity index (χ3n) is 5.91. The lowest BCUT2D eigenvalue weighted by atomic mass is 9.96. The Morgan fingerprint density at radius 2 is 1.97 bits per heavy atom. The first-order valence-electron chi connectivity index (χ1n) is 10.1. The van der Waals surface area contributed by atoms with Gasteiger partial charge < -0.3 is 14.8 Å². The normalized spacial score (nSPS) is 16.9. The van der Waals surface area contributed by atoms with E-state index in [-0.39, 0.29) is 11.7 Å². The molecule has 0 spiro atoms. The summed E-state index contributed by atoms with van der Waals surface area (Å²) in [5.74, 6) is 2.43. The summed E-state index contributed by atoms with van der Waals surface area (Å²) in [5.41, 5.74) is 4.65. The van der Waals surface area contributed by atoms with E-state index < -0.39 is 0 Å². The van der Waals surface area contributed by atoms with Gasteiger partial charge >= 0.3 is 0 Å². The zero-order valence-corrected chi connectivity index (χ0v) is 17.0. The van der Waals surface area contributed by atoms with Crippen LogP contribution in [0.1, 0.15) is 28.6 Å². The lowest BCUT2D eigenvalue weighted by Gasteiger charge is -2.17. The molecule has 0 amide bonds. The van der Waals surface area contributed by atoms with Crippen LogP contribution in [-0.2, 0) is 6.54 Å². The van der Waals surface area contributed by atoms with E-state index in [9.17, 15) is 4.39 Å². The molecule has 6 rings (SSSR count). The van der Waals surface area contributed by atoms with Gasteiger partial charge in [0.05, 0.1) is 19.1 Å². The maximum Gasteiger partial charge on any atom is 0.170 e. The predicted octanol–water partition coefficient (Wildman–Crippen LogP) is 3.42. The number of nitrogens with one attached hydrogen (secondary N) is 1. The standard InChI is InChI=1S/C22H19FN6O2/c1-11-15(6-24-12(2)27-11)14-5-19-22(29-10-26-28-21(14)29)25-7-16-17(23)3-4-18-20(16)13(8-30-18)9-31-19/h3-6,10,13,25H,7-9H2,1-2H3/t13-/m0/s1. The third kappa shape index (κ3) is 2.73. The van der Waals surface area contributed by atoms with Gasteiger partial charge in [-0.1, -0.05) is 0 Å². The molecule has 1 atom stereocenters. The molecule has 0 bridgehead atoms.